The molecule has 2 rings (SSSR count). The van der Waals surface area contributed by atoms with Crippen LogP contribution in [0.1, 0.15) is 55.5 Å². The molecule has 1 aromatic rings. The first kappa shape index (κ1) is 10.2. The second-order valence-corrected chi connectivity index (χ2v) is 4.46. The van der Waals surface area contributed by atoms with Crippen molar-refractivity contribution in [1.82, 2.24) is 4.98 Å². The second kappa shape index (κ2) is 3.68. The van der Waals surface area contributed by atoms with Gasteiger partial charge in [-0.1, -0.05) is 26.2 Å². The molecule has 82 valence electrons. The minimum Gasteiger partial charge on any atom is -0.475 e. The number of oxazole rings is 1. The number of hydrogen-bond acceptors (Lipinski definition) is 3. The Labute approximate surface area is 88.3 Å². The summed E-state index contributed by atoms with van der Waals surface area (Å²) in [4.78, 5) is 14.8. The van der Waals surface area contributed by atoms with E-state index in [1.807, 2.05) is 0 Å². The molecular weight excluding hydrogens is 194 g/mol. The number of aromatic nitrogens is 1. The average molecular weight is 209 g/mol. The molecule has 1 fully saturated rings. The van der Waals surface area contributed by atoms with E-state index in [4.69, 9.17) is 9.52 Å². The van der Waals surface area contributed by atoms with Crippen LogP contribution >= 0.6 is 0 Å². The van der Waals surface area contributed by atoms with Crippen molar-refractivity contribution in [2.45, 2.75) is 44.4 Å². The summed E-state index contributed by atoms with van der Waals surface area (Å²) < 4.78 is 5.28. The zero-order valence-electron chi connectivity index (χ0n) is 8.82. The Morgan fingerprint density at radius 1 is 1.47 bits per heavy atom. The van der Waals surface area contributed by atoms with Gasteiger partial charge in [-0.05, 0) is 12.8 Å². The smallest absolute Gasteiger partial charge is 0.373 e. The molecule has 0 aromatic carbocycles. The summed E-state index contributed by atoms with van der Waals surface area (Å²) in [6, 6.07) is 0. The Morgan fingerprint density at radius 2 is 2.13 bits per heavy atom. The topological polar surface area (TPSA) is 63.3 Å². The van der Waals surface area contributed by atoms with Crippen LogP contribution < -0.4 is 0 Å². The highest BCUT2D eigenvalue weighted by Gasteiger charge is 2.33. The molecule has 4 heteroatoms. The molecule has 1 aliphatic rings. The maximum Gasteiger partial charge on any atom is 0.373 e. The van der Waals surface area contributed by atoms with Crippen LogP contribution in [-0.4, -0.2) is 16.1 Å². The highest BCUT2D eigenvalue weighted by Crippen LogP contribution is 2.38. The van der Waals surface area contributed by atoms with Crippen molar-refractivity contribution in [3.05, 3.63) is 17.8 Å². The van der Waals surface area contributed by atoms with Crippen LogP contribution in [0.25, 0.3) is 0 Å². The molecule has 15 heavy (non-hydrogen) atoms. The van der Waals surface area contributed by atoms with Crippen molar-refractivity contribution in [3.8, 4) is 0 Å². The molecule has 0 unspecified atom stereocenters. The number of hydrogen-bond donors (Lipinski definition) is 1. The lowest BCUT2D eigenvalue weighted by Gasteiger charge is -2.30. The van der Waals surface area contributed by atoms with Crippen LogP contribution in [0.2, 0.25) is 0 Å². The summed E-state index contributed by atoms with van der Waals surface area (Å²) in [5.41, 5.74) is -0.0635. The molecule has 0 bridgehead atoms. The van der Waals surface area contributed by atoms with E-state index in [9.17, 15) is 4.79 Å². The molecule has 4 nitrogen and oxygen atoms in total. The van der Waals surface area contributed by atoms with Crippen molar-refractivity contribution >= 4 is 5.97 Å². The van der Waals surface area contributed by atoms with E-state index in [1.165, 1.54) is 25.5 Å². The van der Waals surface area contributed by atoms with Gasteiger partial charge < -0.3 is 9.52 Å². The van der Waals surface area contributed by atoms with Gasteiger partial charge in [0.15, 0.2) is 0 Å². The lowest BCUT2D eigenvalue weighted by molar-refractivity contribution is 0.0656. The normalized spacial score (nSPS) is 20.1. The fourth-order valence-corrected chi connectivity index (χ4v) is 2.20. The summed E-state index contributed by atoms with van der Waals surface area (Å²) in [6.07, 6.45) is 6.96. The SMILES string of the molecule is CC1(c2ncc(C(=O)O)o2)CCCCC1. The van der Waals surface area contributed by atoms with Gasteiger partial charge in [0.1, 0.15) is 0 Å². The highest BCUT2D eigenvalue weighted by atomic mass is 16.4. The zero-order chi connectivity index (χ0) is 10.9. The maximum atomic E-state index is 10.7. The molecule has 1 aliphatic carbocycles. The van der Waals surface area contributed by atoms with Crippen molar-refractivity contribution in [3.63, 3.8) is 0 Å². The van der Waals surface area contributed by atoms with E-state index in [0.717, 1.165) is 12.8 Å². The van der Waals surface area contributed by atoms with Gasteiger partial charge in [0, 0.05) is 5.41 Å². The summed E-state index contributed by atoms with van der Waals surface area (Å²) in [7, 11) is 0. The van der Waals surface area contributed by atoms with Crippen LogP contribution in [0.15, 0.2) is 10.6 Å². The second-order valence-electron chi connectivity index (χ2n) is 4.46. The van der Waals surface area contributed by atoms with Crippen LogP contribution in [0.3, 0.4) is 0 Å². The predicted octanol–water partition coefficient (Wildman–Crippen LogP) is 2.59. The number of nitrogens with zero attached hydrogens (tertiary/aromatic N) is 1. The van der Waals surface area contributed by atoms with Gasteiger partial charge in [0.2, 0.25) is 11.7 Å². The Balaban J connectivity index is 2.23. The van der Waals surface area contributed by atoms with Crippen molar-refractivity contribution in [2.75, 3.05) is 0 Å². The number of rotatable bonds is 2. The van der Waals surface area contributed by atoms with Crippen LogP contribution in [0, 0.1) is 0 Å². The fourth-order valence-electron chi connectivity index (χ4n) is 2.20. The molecule has 0 spiro atoms. The number of aromatic carboxylic acids is 1. The molecule has 0 radical (unpaired) electrons. The standard InChI is InChI=1S/C11H15NO3/c1-11(5-3-2-4-6-11)10-12-7-8(15-10)9(13)14/h7H,2-6H2,1H3,(H,13,14). The molecule has 1 N–H and O–H groups in total. The minimum absolute atomic E-state index is 0.0585. The van der Waals surface area contributed by atoms with Gasteiger partial charge in [0.05, 0.1) is 6.20 Å². The number of carboxylic acids is 1. The lowest BCUT2D eigenvalue weighted by Crippen LogP contribution is -2.25. The van der Waals surface area contributed by atoms with Gasteiger partial charge in [-0.25, -0.2) is 9.78 Å². The first-order chi connectivity index (χ1) is 7.12. The van der Waals surface area contributed by atoms with Gasteiger partial charge in [-0.2, -0.15) is 0 Å². The van der Waals surface area contributed by atoms with E-state index in [0.29, 0.717) is 5.89 Å². The van der Waals surface area contributed by atoms with Gasteiger partial charge >= 0.3 is 5.97 Å². The molecule has 1 saturated carbocycles. The van der Waals surface area contributed by atoms with E-state index in [2.05, 4.69) is 11.9 Å². The van der Waals surface area contributed by atoms with E-state index < -0.39 is 5.97 Å². The van der Waals surface area contributed by atoms with Gasteiger partial charge in [-0.15, -0.1) is 0 Å². The van der Waals surface area contributed by atoms with Gasteiger partial charge in [-0.3, -0.25) is 0 Å². The monoisotopic (exact) mass is 209 g/mol. The third-order valence-corrected chi connectivity index (χ3v) is 3.19. The first-order valence-corrected chi connectivity index (χ1v) is 5.31. The third kappa shape index (κ3) is 1.89. The summed E-state index contributed by atoms with van der Waals surface area (Å²) in [5.74, 6) is -0.524. The number of carboxylic acid groups (broad SMARTS) is 1. The van der Waals surface area contributed by atoms with Crippen LogP contribution in [-0.2, 0) is 5.41 Å². The summed E-state index contributed by atoms with van der Waals surface area (Å²) in [5, 5.41) is 8.75. The quantitative estimate of drug-likeness (QED) is 0.813. The number of carbonyl (C=O) groups is 1. The molecule has 0 amide bonds. The summed E-state index contributed by atoms with van der Waals surface area (Å²) in [6.45, 7) is 2.10. The zero-order valence-corrected chi connectivity index (χ0v) is 8.82. The largest absolute Gasteiger partial charge is 0.475 e. The van der Waals surface area contributed by atoms with Gasteiger partial charge in [0.25, 0.3) is 0 Å². The summed E-state index contributed by atoms with van der Waals surface area (Å²) >= 11 is 0. The van der Waals surface area contributed by atoms with E-state index >= 15 is 0 Å². The average Bonchev–Trinajstić information content (AvgIpc) is 2.68. The molecule has 0 aliphatic heterocycles. The fraction of sp³-hybridized carbons (Fsp3) is 0.636. The van der Waals surface area contributed by atoms with E-state index in [1.54, 1.807) is 0 Å². The molecule has 1 heterocycles. The first-order valence-electron chi connectivity index (χ1n) is 5.31. The maximum absolute atomic E-state index is 10.7. The Bertz CT molecular complexity index is 364. The third-order valence-electron chi connectivity index (χ3n) is 3.19. The van der Waals surface area contributed by atoms with Crippen molar-refractivity contribution in [1.29, 1.82) is 0 Å². The Hall–Kier alpha value is -1.32. The van der Waals surface area contributed by atoms with E-state index in [-0.39, 0.29) is 11.2 Å². The van der Waals surface area contributed by atoms with Crippen molar-refractivity contribution < 1.29 is 14.3 Å². The molecular formula is C11H15NO3. The van der Waals surface area contributed by atoms with Crippen LogP contribution in [0.5, 0.6) is 0 Å². The molecule has 1 aromatic heterocycles. The Morgan fingerprint density at radius 3 is 2.67 bits per heavy atom. The minimum atomic E-state index is -1.05. The van der Waals surface area contributed by atoms with Crippen molar-refractivity contribution in [2.24, 2.45) is 0 Å². The highest BCUT2D eigenvalue weighted by molar-refractivity contribution is 5.83. The lowest BCUT2D eigenvalue weighted by atomic mass is 9.76. The Kier molecular flexibility index (Phi) is 2.50. The predicted molar refractivity (Wildman–Crippen MR) is 53.9 cm³/mol. The van der Waals surface area contributed by atoms with Crippen LogP contribution in [0.4, 0.5) is 0 Å². The molecule has 0 saturated heterocycles. The molecule has 0 atom stereocenters.